The molecule has 0 aliphatic heterocycles. The number of nitrogens with zero attached hydrogens (tertiary/aromatic N) is 1. The first-order chi connectivity index (χ1) is 15.9. The highest BCUT2D eigenvalue weighted by atomic mass is 35.5. The summed E-state index contributed by atoms with van der Waals surface area (Å²) in [5, 5.41) is 2.99. The van der Waals surface area contributed by atoms with Crippen LogP contribution < -0.4 is 9.62 Å². The van der Waals surface area contributed by atoms with E-state index in [2.05, 4.69) is 5.32 Å². The predicted octanol–water partition coefficient (Wildman–Crippen LogP) is 5.11. The molecular weight excluding hydrogens is 483 g/mol. The van der Waals surface area contributed by atoms with Gasteiger partial charge in [0.05, 0.1) is 15.6 Å². The molecule has 174 valence electrons. The van der Waals surface area contributed by atoms with Crippen molar-refractivity contribution in [3.05, 3.63) is 95.3 Å². The Morgan fingerprint density at radius 1 is 0.970 bits per heavy atom. The Balaban J connectivity index is 1.58. The number of halogens is 2. The number of hydrogen-bond acceptors (Lipinski definition) is 4. The van der Waals surface area contributed by atoms with E-state index in [1.54, 1.807) is 72.4 Å². The first-order valence-electron chi connectivity index (χ1n) is 10.3. The Morgan fingerprint density at radius 3 is 2.36 bits per heavy atom. The van der Waals surface area contributed by atoms with E-state index in [1.807, 2.05) is 0 Å². The molecule has 9 heteroatoms. The van der Waals surface area contributed by atoms with Crippen molar-refractivity contribution >= 4 is 45.0 Å². The van der Waals surface area contributed by atoms with Gasteiger partial charge >= 0.3 is 0 Å². The number of para-hydroxylation sites is 1. The van der Waals surface area contributed by atoms with Crippen molar-refractivity contribution in [3.63, 3.8) is 0 Å². The quantitative estimate of drug-likeness (QED) is 0.367. The minimum atomic E-state index is -4.00. The summed E-state index contributed by atoms with van der Waals surface area (Å²) in [6, 6.07) is 21.1. The van der Waals surface area contributed by atoms with Crippen molar-refractivity contribution in [2.45, 2.75) is 17.1 Å². The fourth-order valence-corrected chi connectivity index (χ4v) is 5.75. The van der Waals surface area contributed by atoms with E-state index in [9.17, 15) is 17.6 Å². The van der Waals surface area contributed by atoms with Gasteiger partial charge in [0.2, 0.25) is 5.91 Å². The van der Waals surface area contributed by atoms with Crippen LogP contribution in [0.2, 0.25) is 5.02 Å². The van der Waals surface area contributed by atoms with E-state index in [4.69, 9.17) is 11.6 Å². The van der Waals surface area contributed by atoms with Gasteiger partial charge in [0, 0.05) is 12.3 Å². The summed E-state index contributed by atoms with van der Waals surface area (Å²) in [6.07, 6.45) is 0.669. The van der Waals surface area contributed by atoms with Crippen LogP contribution in [0.15, 0.2) is 83.8 Å². The van der Waals surface area contributed by atoms with E-state index in [1.165, 1.54) is 18.2 Å². The molecular formula is C24H24ClFN2O3S2. The maximum atomic E-state index is 13.6. The second-order valence-electron chi connectivity index (χ2n) is 7.12. The van der Waals surface area contributed by atoms with Crippen LogP contribution in [-0.4, -0.2) is 33.2 Å². The number of benzene rings is 3. The molecule has 1 N–H and O–H groups in total. The van der Waals surface area contributed by atoms with Crippen LogP contribution in [-0.2, 0) is 20.6 Å². The summed E-state index contributed by atoms with van der Waals surface area (Å²) < 4.78 is 41.2. The van der Waals surface area contributed by atoms with Crippen molar-refractivity contribution in [2.24, 2.45) is 0 Å². The molecule has 0 heterocycles. The molecule has 0 aliphatic carbocycles. The predicted molar refractivity (Wildman–Crippen MR) is 133 cm³/mol. The number of nitrogens with one attached hydrogen (secondary N) is 1. The smallest absolute Gasteiger partial charge is 0.264 e. The second kappa shape index (κ2) is 12.1. The third-order valence-corrected chi connectivity index (χ3v) is 7.93. The number of rotatable bonds is 11. The van der Waals surface area contributed by atoms with Crippen LogP contribution >= 0.6 is 23.4 Å². The zero-order chi connectivity index (χ0) is 23.7. The zero-order valence-electron chi connectivity index (χ0n) is 17.8. The summed E-state index contributed by atoms with van der Waals surface area (Å²) in [5.41, 5.74) is 0.881. The largest absolute Gasteiger partial charge is 0.354 e. The Kier molecular flexibility index (Phi) is 9.17. The van der Waals surface area contributed by atoms with Crippen LogP contribution in [0, 0.1) is 5.82 Å². The number of carbonyl (C=O) groups is 1. The van der Waals surface area contributed by atoms with Gasteiger partial charge in [0.15, 0.2) is 0 Å². The molecule has 0 saturated carbocycles. The highest BCUT2D eigenvalue weighted by Crippen LogP contribution is 2.30. The maximum Gasteiger partial charge on any atom is 0.264 e. The molecule has 0 bridgehead atoms. The highest BCUT2D eigenvalue weighted by Gasteiger charge is 2.28. The molecule has 33 heavy (non-hydrogen) atoms. The number of hydrogen-bond donors (Lipinski definition) is 1. The summed E-state index contributed by atoms with van der Waals surface area (Å²) in [7, 11) is -4.00. The van der Waals surface area contributed by atoms with Crippen LogP contribution in [0.4, 0.5) is 10.1 Å². The number of sulfonamides is 1. The Labute approximate surface area is 203 Å². The van der Waals surface area contributed by atoms with Crippen molar-refractivity contribution < 1.29 is 17.6 Å². The number of carbonyl (C=O) groups excluding carboxylic acids is 1. The van der Waals surface area contributed by atoms with Gasteiger partial charge in [0.25, 0.3) is 10.0 Å². The topological polar surface area (TPSA) is 66.5 Å². The molecule has 0 unspecified atom stereocenters. The summed E-state index contributed by atoms with van der Waals surface area (Å²) in [4.78, 5) is 12.7. The molecule has 5 nitrogen and oxygen atoms in total. The van der Waals surface area contributed by atoms with Gasteiger partial charge < -0.3 is 5.32 Å². The van der Waals surface area contributed by atoms with Gasteiger partial charge in [-0.15, -0.1) is 0 Å². The SMILES string of the molecule is O=C(CN(c1ccccc1Cl)S(=O)(=O)c1ccccc1)NCCCSCc1ccccc1F. The first-order valence-corrected chi connectivity index (χ1v) is 13.3. The lowest BCUT2D eigenvalue weighted by atomic mass is 10.2. The molecule has 0 spiro atoms. The average Bonchev–Trinajstić information content (AvgIpc) is 2.82. The molecule has 1 amide bonds. The highest BCUT2D eigenvalue weighted by molar-refractivity contribution is 7.98. The molecule has 3 aromatic carbocycles. The fourth-order valence-electron chi connectivity index (χ4n) is 3.06. The van der Waals surface area contributed by atoms with Gasteiger partial charge in [0.1, 0.15) is 12.4 Å². The van der Waals surface area contributed by atoms with Crippen LogP contribution in [0.1, 0.15) is 12.0 Å². The third kappa shape index (κ3) is 6.96. The lowest BCUT2D eigenvalue weighted by Crippen LogP contribution is -2.41. The number of anilines is 1. The standard InChI is InChI=1S/C24H24ClFN2O3S2/c25-21-12-5-7-14-23(21)28(33(30,31)20-10-2-1-3-11-20)17-24(29)27-15-8-16-32-18-19-9-4-6-13-22(19)26/h1-7,9-14H,8,15-18H2,(H,27,29). The number of amides is 1. The van der Waals surface area contributed by atoms with E-state index in [-0.39, 0.29) is 21.4 Å². The van der Waals surface area contributed by atoms with E-state index in [0.717, 1.165) is 10.1 Å². The average molecular weight is 507 g/mol. The summed E-state index contributed by atoms with van der Waals surface area (Å²) in [5.74, 6) is 0.618. The van der Waals surface area contributed by atoms with Crippen molar-refractivity contribution in [2.75, 3.05) is 23.1 Å². The molecule has 0 aromatic heterocycles. The van der Waals surface area contributed by atoms with Crippen LogP contribution in [0.25, 0.3) is 0 Å². The minimum absolute atomic E-state index is 0.0715. The van der Waals surface area contributed by atoms with Crippen LogP contribution in [0.3, 0.4) is 0 Å². The second-order valence-corrected chi connectivity index (χ2v) is 10.5. The molecule has 3 rings (SSSR count). The Bertz CT molecular complexity index is 1180. The minimum Gasteiger partial charge on any atom is -0.354 e. The Morgan fingerprint density at radius 2 is 1.64 bits per heavy atom. The molecule has 0 aliphatic rings. The monoisotopic (exact) mass is 506 g/mol. The van der Waals surface area contributed by atoms with E-state index < -0.39 is 22.5 Å². The molecule has 0 saturated heterocycles. The molecule has 3 aromatic rings. The van der Waals surface area contributed by atoms with Crippen molar-refractivity contribution in [1.82, 2.24) is 5.32 Å². The molecule has 0 atom stereocenters. The third-order valence-electron chi connectivity index (χ3n) is 4.74. The van der Waals surface area contributed by atoms with Gasteiger partial charge in [-0.3, -0.25) is 9.10 Å². The van der Waals surface area contributed by atoms with Crippen molar-refractivity contribution in [3.8, 4) is 0 Å². The first kappa shape index (κ1) is 25.1. The fraction of sp³-hybridized carbons (Fsp3) is 0.208. The Hall–Kier alpha value is -2.55. The van der Waals surface area contributed by atoms with E-state index >= 15 is 0 Å². The summed E-state index contributed by atoms with van der Waals surface area (Å²) in [6.45, 7) is -0.0197. The summed E-state index contributed by atoms with van der Waals surface area (Å²) >= 11 is 7.82. The number of thioether (sulfide) groups is 1. The lowest BCUT2D eigenvalue weighted by molar-refractivity contribution is -0.119. The van der Waals surface area contributed by atoms with E-state index in [0.29, 0.717) is 24.3 Å². The van der Waals surface area contributed by atoms with Gasteiger partial charge in [-0.25, -0.2) is 12.8 Å². The molecule has 0 fully saturated rings. The van der Waals surface area contributed by atoms with Gasteiger partial charge in [-0.05, 0) is 48.1 Å². The normalized spacial score (nSPS) is 11.2. The van der Waals surface area contributed by atoms with Gasteiger partial charge in [-0.1, -0.05) is 60.1 Å². The zero-order valence-corrected chi connectivity index (χ0v) is 20.2. The lowest BCUT2D eigenvalue weighted by Gasteiger charge is -2.25. The molecule has 0 radical (unpaired) electrons. The van der Waals surface area contributed by atoms with Gasteiger partial charge in [-0.2, -0.15) is 11.8 Å². The van der Waals surface area contributed by atoms with Crippen molar-refractivity contribution in [1.29, 1.82) is 0 Å². The van der Waals surface area contributed by atoms with Crippen LogP contribution in [0.5, 0.6) is 0 Å². The maximum absolute atomic E-state index is 13.6.